The Morgan fingerprint density at radius 2 is 1.96 bits per heavy atom. The molecule has 0 amide bonds. The molecule has 0 bridgehead atoms. The third-order valence-electron chi connectivity index (χ3n) is 4.65. The van der Waals surface area contributed by atoms with Crippen molar-refractivity contribution in [1.29, 1.82) is 5.26 Å². The van der Waals surface area contributed by atoms with Gasteiger partial charge < -0.3 is 13.7 Å². The maximum absolute atomic E-state index is 9.33. The van der Waals surface area contributed by atoms with Crippen molar-refractivity contribution in [3.63, 3.8) is 0 Å². The molecule has 6 heteroatoms. The zero-order valence-electron chi connectivity index (χ0n) is 15.9. The van der Waals surface area contributed by atoms with Crippen LogP contribution in [0.1, 0.15) is 33.8 Å². The number of hydrogen-bond acceptors (Lipinski definition) is 4. The Bertz CT molecular complexity index is 1080. The highest BCUT2D eigenvalue weighted by molar-refractivity contribution is 6.30. The molecule has 0 aliphatic heterocycles. The summed E-state index contributed by atoms with van der Waals surface area (Å²) in [5, 5.41) is 9.96. The van der Waals surface area contributed by atoms with Crippen LogP contribution in [0.25, 0.3) is 5.69 Å². The fourth-order valence-corrected chi connectivity index (χ4v) is 3.25. The SMILES string of the molecule is COc1ccc(Cl)cc1-n1c(C)cc(C=Nc2oc(C)c(C)c2C#N)c1C. The van der Waals surface area contributed by atoms with E-state index in [1.165, 1.54) is 0 Å². The Hall–Kier alpha value is -2.97. The number of hydrogen-bond donors (Lipinski definition) is 0. The van der Waals surface area contributed by atoms with Crippen LogP contribution in [-0.2, 0) is 0 Å². The van der Waals surface area contributed by atoms with E-state index in [0.717, 1.165) is 34.0 Å². The van der Waals surface area contributed by atoms with Crippen molar-refractivity contribution in [3.05, 3.63) is 63.1 Å². The van der Waals surface area contributed by atoms with Gasteiger partial charge in [-0.2, -0.15) is 5.26 Å². The number of benzene rings is 1. The summed E-state index contributed by atoms with van der Waals surface area (Å²) in [6.07, 6.45) is 1.72. The van der Waals surface area contributed by atoms with Crippen molar-refractivity contribution in [3.8, 4) is 17.5 Å². The molecule has 0 saturated carbocycles. The van der Waals surface area contributed by atoms with Gasteiger partial charge in [0, 0.05) is 33.8 Å². The van der Waals surface area contributed by atoms with Gasteiger partial charge >= 0.3 is 0 Å². The topological polar surface area (TPSA) is 63.4 Å². The van der Waals surface area contributed by atoms with Crippen LogP contribution in [0.2, 0.25) is 5.02 Å². The average Bonchev–Trinajstić information content (AvgIpc) is 3.08. The van der Waals surface area contributed by atoms with Crippen LogP contribution in [-0.4, -0.2) is 17.9 Å². The number of nitrogens with zero attached hydrogens (tertiary/aromatic N) is 3. The number of rotatable bonds is 4. The number of nitriles is 1. The highest BCUT2D eigenvalue weighted by Gasteiger charge is 2.16. The van der Waals surface area contributed by atoms with Crippen LogP contribution in [0.3, 0.4) is 0 Å². The maximum Gasteiger partial charge on any atom is 0.237 e. The van der Waals surface area contributed by atoms with Gasteiger partial charge in [0.25, 0.3) is 0 Å². The standard InChI is InChI=1S/C21H20ClN3O2/c1-12-8-16(11-24-21-18(10-23)13(2)15(4)27-21)14(3)25(12)19-9-17(22)6-7-20(19)26-5/h6-9,11H,1-5H3. The summed E-state index contributed by atoms with van der Waals surface area (Å²) in [5.41, 5.74) is 5.07. The Morgan fingerprint density at radius 3 is 2.63 bits per heavy atom. The molecule has 3 aromatic rings. The summed E-state index contributed by atoms with van der Waals surface area (Å²) < 4.78 is 13.2. The molecule has 0 unspecified atom stereocenters. The van der Waals surface area contributed by atoms with Crippen molar-refractivity contribution in [2.24, 2.45) is 4.99 Å². The molecule has 0 saturated heterocycles. The molecule has 0 fully saturated rings. The van der Waals surface area contributed by atoms with Crippen molar-refractivity contribution in [2.75, 3.05) is 7.11 Å². The second kappa shape index (κ2) is 7.34. The van der Waals surface area contributed by atoms with Gasteiger partial charge in [0.2, 0.25) is 5.88 Å². The van der Waals surface area contributed by atoms with E-state index in [-0.39, 0.29) is 0 Å². The highest BCUT2D eigenvalue weighted by atomic mass is 35.5. The summed E-state index contributed by atoms with van der Waals surface area (Å²) >= 11 is 6.19. The molecule has 0 atom stereocenters. The van der Waals surface area contributed by atoms with E-state index in [9.17, 15) is 5.26 Å². The van der Waals surface area contributed by atoms with Gasteiger partial charge in [-0.05, 0) is 52.0 Å². The first-order valence-corrected chi connectivity index (χ1v) is 8.82. The van der Waals surface area contributed by atoms with Crippen molar-refractivity contribution in [2.45, 2.75) is 27.7 Å². The number of aliphatic imine (C=N–C) groups is 1. The van der Waals surface area contributed by atoms with Gasteiger partial charge in [-0.1, -0.05) is 11.6 Å². The molecule has 2 aromatic heterocycles. The Morgan fingerprint density at radius 1 is 1.22 bits per heavy atom. The lowest BCUT2D eigenvalue weighted by Crippen LogP contribution is -2.02. The fourth-order valence-electron chi connectivity index (χ4n) is 3.09. The largest absolute Gasteiger partial charge is 0.495 e. The second-order valence-corrected chi connectivity index (χ2v) is 6.75. The van der Waals surface area contributed by atoms with Crippen LogP contribution in [0, 0.1) is 39.0 Å². The molecule has 0 spiro atoms. The van der Waals surface area contributed by atoms with Gasteiger partial charge in [-0.15, -0.1) is 0 Å². The molecular weight excluding hydrogens is 362 g/mol. The summed E-state index contributed by atoms with van der Waals surface area (Å²) in [4.78, 5) is 4.41. The first kappa shape index (κ1) is 18.8. The van der Waals surface area contributed by atoms with Gasteiger partial charge in [-0.3, -0.25) is 0 Å². The van der Waals surface area contributed by atoms with Crippen LogP contribution < -0.4 is 4.74 Å². The zero-order valence-corrected chi connectivity index (χ0v) is 16.7. The van der Waals surface area contributed by atoms with Crippen LogP contribution in [0.15, 0.2) is 33.7 Å². The van der Waals surface area contributed by atoms with Crippen molar-refractivity contribution >= 4 is 23.7 Å². The number of ether oxygens (including phenoxy) is 1. The quantitative estimate of drug-likeness (QED) is 0.553. The highest BCUT2D eigenvalue weighted by Crippen LogP contribution is 2.31. The summed E-state index contributed by atoms with van der Waals surface area (Å²) in [6.45, 7) is 7.69. The zero-order chi connectivity index (χ0) is 19.7. The Labute approximate surface area is 163 Å². The molecule has 0 radical (unpaired) electrons. The minimum atomic E-state index is 0.331. The molecule has 1 aromatic carbocycles. The number of halogens is 1. The van der Waals surface area contributed by atoms with E-state index in [1.54, 1.807) is 19.4 Å². The van der Waals surface area contributed by atoms with E-state index in [4.69, 9.17) is 20.8 Å². The molecule has 138 valence electrons. The van der Waals surface area contributed by atoms with Gasteiger partial charge in [-0.25, -0.2) is 4.99 Å². The van der Waals surface area contributed by atoms with E-state index < -0.39 is 0 Å². The molecule has 2 heterocycles. The third kappa shape index (κ3) is 3.36. The molecule has 0 aliphatic rings. The smallest absolute Gasteiger partial charge is 0.237 e. The predicted octanol–water partition coefficient (Wildman–Crippen LogP) is 5.59. The van der Waals surface area contributed by atoms with E-state index >= 15 is 0 Å². The maximum atomic E-state index is 9.33. The van der Waals surface area contributed by atoms with E-state index in [1.807, 2.05) is 45.9 Å². The summed E-state index contributed by atoms with van der Waals surface area (Å²) in [7, 11) is 1.63. The number of furan rings is 1. The monoisotopic (exact) mass is 381 g/mol. The first-order chi connectivity index (χ1) is 12.9. The average molecular weight is 382 g/mol. The fraction of sp³-hybridized carbons (Fsp3) is 0.238. The molecule has 0 aliphatic carbocycles. The lowest BCUT2D eigenvalue weighted by atomic mass is 10.2. The number of methoxy groups -OCH3 is 1. The number of aromatic nitrogens is 1. The van der Waals surface area contributed by atoms with Crippen LogP contribution >= 0.6 is 11.6 Å². The second-order valence-electron chi connectivity index (χ2n) is 6.31. The Kier molecular flexibility index (Phi) is 5.11. The summed E-state index contributed by atoms with van der Waals surface area (Å²) in [6, 6.07) is 9.69. The van der Waals surface area contributed by atoms with E-state index in [2.05, 4.69) is 15.6 Å². The number of aryl methyl sites for hydroxylation is 2. The van der Waals surface area contributed by atoms with Gasteiger partial charge in [0.05, 0.1) is 12.8 Å². The molecule has 5 nitrogen and oxygen atoms in total. The molecule has 3 rings (SSSR count). The molecule has 27 heavy (non-hydrogen) atoms. The van der Waals surface area contributed by atoms with Gasteiger partial charge in [0.1, 0.15) is 23.1 Å². The van der Waals surface area contributed by atoms with Crippen LogP contribution in [0.5, 0.6) is 5.75 Å². The first-order valence-electron chi connectivity index (χ1n) is 8.44. The minimum Gasteiger partial charge on any atom is -0.495 e. The third-order valence-corrected chi connectivity index (χ3v) is 4.89. The lowest BCUT2D eigenvalue weighted by Gasteiger charge is -2.14. The minimum absolute atomic E-state index is 0.331. The lowest BCUT2D eigenvalue weighted by molar-refractivity contribution is 0.412. The van der Waals surface area contributed by atoms with Crippen LogP contribution in [0.4, 0.5) is 5.88 Å². The normalized spacial score (nSPS) is 11.1. The van der Waals surface area contributed by atoms with E-state index in [0.29, 0.717) is 22.2 Å². The van der Waals surface area contributed by atoms with Gasteiger partial charge in [0.15, 0.2) is 0 Å². The predicted molar refractivity (Wildman–Crippen MR) is 107 cm³/mol. The molecular formula is C21H20ClN3O2. The van der Waals surface area contributed by atoms with Crippen molar-refractivity contribution in [1.82, 2.24) is 4.57 Å². The molecule has 0 N–H and O–H groups in total. The Balaban J connectivity index is 2.07. The summed E-state index contributed by atoms with van der Waals surface area (Å²) in [5.74, 6) is 1.76. The van der Waals surface area contributed by atoms with Crippen molar-refractivity contribution < 1.29 is 9.15 Å².